The number of rotatable bonds is 4. The molecule has 0 radical (unpaired) electrons. The molecule has 2 aromatic carbocycles. The number of aromatic nitrogens is 2. The molecule has 0 saturated heterocycles. The summed E-state index contributed by atoms with van der Waals surface area (Å²) >= 11 is 0. The van der Waals surface area contributed by atoms with Gasteiger partial charge in [0.15, 0.2) is 0 Å². The van der Waals surface area contributed by atoms with Gasteiger partial charge in [-0.2, -0.15) is 5.26 Å². The van der Waals surface area contributed by atoms with Crippen molar-refractivity contribution in [1.29, 1.82) is 5.26 Å². The van der Waals surface area contributed by atoms with Gasteiger partial charge in [0.25, 0.3) is 11.8 Å². The number of carbonyl (C=O) groups is 2. The van der Waals surface area contributed by atoms with E-state index in [0.29, 0.717) is 22.5 Å². The molecule has 7 heteroatoms. The van der Waals surface area contributed by atoms with Crippen LogP contribution in [0.25, 0.3) is 17.1 Å². The van der Waals surface area contributed by atoms with E-state index in [0.717, 1.165) is 5.52 Å². The monoisotopic (exact) mass is 371 g/mol. The SMILES string of the molecule is CN(C)C(=O)c1ccc(NC(=O)/C(C#N)=C/c2cnc3ccccc3n2)cc1. The Morgan fingerprint density at radius 1 is 1.07 bits per heavy atom. The summed E-state index contributed by atoms with van der Waals surface area (Å²) in [5.41, 5.74) is 2.71. The van der Waals surface area contributed by atoms with Crippen molar-refractivity contribution < 1.29 is 9.59 Å². The van der Waals surface area contributed by atoms with Crippen LogP contribution in [-0.4, -0.2) is 40.8 Å². The molecule has 28 heavy (non-hydrogen) atoms. The first-order valence-corrected chi connectivity index (χ1v) is 8.44. The Kier molecular flexibility index (Phi) is 5.42. The second kappa shape index (κ2) is 8.10. The third kappa shape index (κ3) is 4.19. The van der Waals surface area contributed by atoms with E-state index in [4.69, 9.17) is 0 Å². The second-order valence-electron chi connectivity index (χ2n) is 6.18. The molecular formula is C21H17N5O2. The third-order valence-corrected chi connectivity index (χ3v) is 3.92. The van der Waals surface area contributed by atoms with Crippen LogP contribution in [0, 0.1) is 11.3 Å². The zero-order chi connectivity index (χ0) is 20.1. The maximum Gasteiger partial charge on any atom is 0.266 e. The lowest BCUT2D eigenvalue weighted by Gasteiger charge is -2.10. The lowest BCUT2D eigenvalue weighted by atomic mass is 10.1. The van der Waals surface area contributed by atoms with E-state index in [1.165, 1.54) is 17.2 Å². The summed E-state index contributed by atoms with van der Waals surface area (Å²) in [6, 6.07) is 15.7. The quantitative estimate of drug-likeness (QED) is 0.562. The summed E-state index contributed by atoms with van der Waals surface area (Å²) in [6.45, 7) is 0. The summed E-state index contributed by atoms with van der Waals surface area (Å²) in [6.07, 6.45) is 2.90. The molecule has 0 aliphatic heterocycles. The first-order valence-electron chi connectivity index (χ1n) is 8.44. The molecule has 0 bridgehead atoms. The van der Waals surface area contributed by atoms with Crippen LogP contribution in [0.4, 0.5) is 5.69 Å². The van der Waals surface area contributed by atoms with Crippen molar-refractivity contribution in [3.05, 3.63) is 71.6 Å². The van der Waals surface area contributed by atoms with Crippen LogP contribution >= 0.6 is 0 Å². The molecule has 0 aliphatic rings. The van der Waals surface area contributed by atoms with Crippen LogP contribution < -0.4 is 5.32 Å². The molecule has 7 nitrogen and oxygen atoms in total. The number of amides is 2. The molecule has 3 aromatic rings. The second-order valence-corrected chi connectivity index (χ2v) is 6.18. The number of fused-ring (bicyclic) bond motifs is 1. The smallest absolute Gasteiger partial charge is 0.266 e. The number of para-hydroxylation sites is 2. The van der Waals surface area contributed by atoms with E-state index in [2.05, 4.69) is 15.3 Å². The van der Waals surface area contributed by atoms with Gasteiger partial charge in [0, 0.05) is 25.3 Å². The van der Waals surface area contributed by atoms with Gasteiger partial charge < -0.3 is 10.2 Å². The molecule has 0 atom stereocenters. The van der Waals surface area contributed by atoms with E-state index < -0.39 is 5.91 Å². The topological polar surface area (TPSA) is 99.0 Å². The molecule has 138 valence electrons. The normalized spacial score (nSPS) is 11.0. The summed E-state index contributed by atoms with van der Waals surface area (Å²) in [5.74, 6) is -0.700. The number of nitriles is 1. The summed E-state index contributed by atoms with van der Waals surface area (Å²) < 4.78 is 0. The fourth-order valence-corrected chi connectivity index (χ4v) is 2.49. The number of nitrogens with one attached hydrogen (secondary N) is 1. The van der Waals surface area contributed by atoms with Gasteiger partial charge in [-0.15, -0.1) is 0 Å². The van der Waals surface area contributed by atoms with Crippen LogP contribution in [0.1, 0.15) is 16.1 Å². The van der Waals surface area contributed by atoms with E-state index in [1.54, 1.807) is 38.4 Å². The molecule has 2 amide bonds. The lowest BCUT2D eigenvalue weighted by Crippen LogP contribution is -2.21. The maximum atomic E-state index is 12.4. The number of benzene rings is 2. The predicted molar refractivity (Wildman–Crippen MR) is 106 cm³/mol. The predicted octanol–water partition coefficient (Wildman–Crippen LogP) is 2.88. The fraction of sp³-hybridized carbons (Fsp3) is 0.0952. The minimum Gasteiger partial charge on any atom is -0.345 e. The first kappa shape index (κ1) is 18.7. The van der Waals surface area contributed by atoms with Crippen molar-refractivity contribution in [1.82, 2.24) is 14.9 Å². The minimum atomic E-state index is -0.566. The Balaban J connectivity index is 1.78. The molecule has 1 aromatic heterocycles. The summed E-state index contributed by atoms with van der Waals surface area (Å²) in [7, 11) is 3.33. The highest BCUT2D eigenvalue weighted by molar-refractivity contribution is 6.09. The Hall–Kier alpha value is -4.05. The van der Waals surface area contributed by atoms with E-state index in [-0.39, 0.29) is 11.5 Å². The first-order chi connectivity index (χ1) is 13.5. The molecule has 0 saturated carbocycles. The number of hydrogen-bond acceptors (Lipinski definition) is 5. The Labute approximate surface area is 161 Å². The van der Waals surface area contributed by atoms with Crippen LogP contribution in [0.3, 0.4) is 0 Å². The molecule has 1 heterocycles. The van der Waals surface area contributed by atoms with Crippen LogP contribution in [0.5, 0.6) is 0 Å². The van der Waals surface area contributed by atoms with Crippen LogP contribution in [-0.2, 0) is 4.79 Å². The maximum absolute atomic E-state index is 12.4. The van der Waals surface area contributed by atoms with Crippen molar-refractivity contribution in [3.63, 3.8) is 0 Å². The standard InChI is InChI=1S/C21H17N5O2/c1-26(2)21(28)14-7-9-16(10-8-14)25-20(27)15(12-22)11-17-13-23-18-5-3-4-6-19(18)24-17/h3-11,13H,1-2H3,(H,25,27)/b15-11+. The van der Waals surface area contributed by atoms with Crippen molar-refractivity contribution in [2.45, 2.75) is 0 Å². The summed E-state index contributed by atoms with van der Waals surface area (Å²) in [4.78, 5) is 34.4. The highest BCUT2D eigenvalue weighted by atomic mass is 16.2. The average molecular weight is 371 g/mol. The van der Waals surface area contributed by atoms with Crippen LogP contribution in [0.15, 0.2) is 60.3 Å². The molecule has 0 fully saturated rings. The zero-order valence-corrected chi connectivity index (χ0v) is 15.4. The fourth-order valence-electron chi connectivity index (χ4n) is 2.49. The van der Waals surface area contributed by atoms with E-state index >= 15 is 0 Å². The van der Waals surface area contributed by atoms with Gasteiger partial charge in [0.05, 0.1) is 22.9 Å². The molecule has 0 aliphatic carbocycles. The van der Waals surface area contributed by atoms with Gasteiger partial charge in [-0.3, -0.25) is 14.6 Å². The van der Waals surface area contributed by atoms with Crippen LogP contribution in [0.2, 0.25) is 0 Å². The van der Waals surface area contributed by atoms with Gasteiger partial charge in [0.2, 0.25) is 0 Å². The number of carbonyl (C=O) groups excluding carboxylic acids is 2. The molecule has 0 spiro atoms. The number of hydrogen-bond donors (Lipinski definition) is 1. The zero-order valence-electron chi connectivity index (χ0n) is 15.4. The van der Waals surface area contributed by atoms with E-state index in [9.17, 15) is 14.9 Å². The van der Waals surface area contributed by atoms with Crippen molar-refractivity contribution in [2.24, 2.45) is 0 Å². The number of nitrogens with zero attached hydrogens (tertiary/aromatic N) is 4. The highest BCUT2D eigenvalue weighted by Gasteiger charge is 2.12. The lowest BCUT2D eigenvalue weighted by molar-refractivity contribution is -0.112. The Bertz CT molecular complexity index is 1110. The Morgan fingerprint density at radius 2 is 1.75 bits per heavy atom. The van der Waals surface area contributed by atoms with Gasteiger partial charge in [-0.1, -0.05) is 12.1 Å². The van der Waals surface area contributed by atoms with Gasteiger partial charge >= 0.3 is 0 Å². The molecule has 0 unspecified atom stereocenters. The van der Waals surface area contributed by atoms with Gasteiger partial charge in [-0.05, 0) is 42.5 Å². The van der Waals surface area contributed by atoms with Gasteiger partial charge in [0.1, 0.15) is 11.6 Å². The van der Waals surface area contributed by atoms with E-state index in [1.807, 2.05) is 30.3 Å². The third-order valence-electron chi connectivity index (χ3n) is 3.92. The molecule has 3 rings (SSSR count). The van der Waals surface area contributed by atoms with Crippen molar-refractivity contribution in [3.8, 4) is 6.07 Å². The van der Waals surface area contributed by atoms with Crippen molar-refractivity contribution >= 4 is 34.6 Å². The average Bonchev–Trinajstić information content (AvgIpc) is 2.71. The minimum absolute atomic E-state index is 0.0991. The highest BCUT2D eigenvalue weighted by Crippen LogP contribution is 2.14. The van der Waals surface area contributed by atoms with Crippen molar-refractivity contribution in [2.75, 3.05) is 19.4 Å². The molecular weight excluding hydrogens is 354 g/mol. The summed E-state index contributed by atoms with van der Waals surface area (Å²) in [5, 5.41) is 12.0. The molecule has 1 N–H and O–H groups in total. The van der Waals surface area contributed by atoms with Gasteiger partial charge in [-0.25, -0.2) is 4.98 Å². The largest absolute Gasteiger partial charge is 0.345 e. The number of anilines is 1. The Morgan fingerprint density at radius 3 is 2.39 bits per heavy atom.